The summed E-state index contributed by atoms with van der Waals surface area (Å²) in [4.78, 5) is 29.1. The van der Waals surface area contributed by atoms with Crippen molar-refractivity contribution in [1.29, 1.82) is 0 Å². The molecular formula is C26H38ClN3O4. The molecule has 0 bridgehead atoms. The summed E-state index contributed by atoms with van der Waals surface area (Å²) in [5.41, 5.74) is 1.27. The van der Waals surface area contributed by atoms with Crippen molar-refractivity contribution in [3.05, 3.63) is 28.3 Å². The molecule has 34 heavy (non-hydrogen) atoms. The number of hydrogen-bond acceptors (Lipinski definition) is 5. The van der Waals surface area contributed by atoms with Crippen molar-refractivity contribution in [3.8, 4) is 5.75 Å². The lowest BCUT2D eigenvalue weighted by Crippen LogP contribution is -2.58. The van der Waals surface area contributed by atoms with Gasteiger partial charge in [-0.3, -0.25) is 14.5 Å². The Morgan fingerprint density at radius 1 is 1.15 bits per heavy atom. The van der Waals surface area contributed by atoms with Gasteiger partial charge in [0.1, 0.15) is 18.0 Å². The number of nitrogens with one attached hydrogen (secondary N) is 1. The van der Waals surface area contributed by atoms with E-state index in [0.717, 1.165) is 53.7 Å². The number of carbonyl (C=O) groups is 2. The molecule has 3 aliphatic rings. The Morgan fingerprint density at radius 2 is 1.82 bits per heavy atom. The van der Waals surface area contributed by atoms with Crippen molar-refractivity contribution in [2.75, 3.05) is 45.9 Å². The third-order valence-electron chi connectivity index (χ3n) is 7.18. The number of ether oxygens (including phenoxy) is 2. The number of aryl methyl sites for hydroxylation is 2. The van der Waals surface area contributed by atoms with Gasteiger partial charge in [-0.05, 0) is 68.7 Å². The van der Waals surface area contributed by atoms with E-state index in [2.05, 4.69) is 10.2 Å². The van der Waals surface area contributed by atoms with Gasteiger partial charge in [0.05, 0.1) is 13.0 Å². The molecule has 0 unspecified atom stereocenters. The lowest BCUT2D eigenvalue weighted by Gasteiger charge is -2.43. The molecule has 2 heterocycles. The van der Waals surface area contributed by atoms with Crippen LogP contribution in [-0.4, -0.2) is 79.2 Å². The molecule has 3 fully saturated rings. The highest BCUT2D eigenvalue weighted by Gasteiger charge is 2.42. The Bertz CT molecular complexity index is 875. The molecule has 0 radical (unpaired) electrons. The molecule has 1 aromatic rings. The van der Waals surface area contributed by atoms with Crippen molar-refractivity contribution in [1.82, 2.24) is 15.1 Å². The van der Waals surface area contributed by atoms with Gasteiger partial charge in [-0.1, -0.05) is 11.6 Å². The minimum absolute atomic E-state index is 0.0140. The topological polar surface area (TPSA) is 71.1 Å². The molecule has 2 saturated heterocycles. The molecule has 2 aliphatic heterocycles. The van der Waals surface area contributed by atoms with E-state index in [1.54, 1.807) is 6.92 Å². The van der Waals surface area contributed by atoms with Gasteiger partial charge < -0.3 is 19.7 Å². The Morgan fingerprint density at radius 3 is 2.44 bits per heavy atom. The summed E-state index contributed by atoms with van der Waals surface area (Å²) >= 11 is 6.33. The summed E-state index contributed by atoms with van der Waals surface area (Å²) in [6, 6.07) is 4.04. The van der Waals surface area contributed by atoms with Gasteiger partial charge in [0.25, 0.3) is 0 Å². The second-order valence-electron chi connectivity index (χ2n) is 10.4. The highest BCUT2D eigenvalue weighted by atomic mass is 35.5. The van der Waals surface area contributed by atoms with Crippen LogP contribution < -0.4 is 10.1 Å². The molecule has 1 N–H and O–H groups in total. The number of amides is 2. The van der Waals surface area contributed by atoms with Crippen LogP contribution in [0, 0.1) is 19.8 Å². The molecule has 1 aliphatic carbocycles. The first-order chi connectivity index (χ1) is 16.2. The van der Waals surface area contributed by atoms with Crippen LogP contribution in [0.5, 0.6) is 5.75 Å². The standard InChI is InChI=1S/C26H38ClN3O4/c1-18-12-23(13-19(2)25(18)27)33-17-26(16-29(10-11-34-26)15-21-4-5-21)14-24(32)30-8-6-22(7-9-30)28-20(3)31/h12-13,21-22H,4-11,14-17H2,1-3H3,(H,28,31)/t26-/m1/s1. The second kappa shape index (κ2) is 10.8. The smallest absolute Gasteiger partial charge is 0.225 e. The van der Waals surface area contributed by atoms with Gasteiger partial charge in [0, 0.05) is 50.7 Å². The predicted octanol–water partition coefficient (Wildman–Crippen LogP) is 3.33. The largest absolute Gasteiger partial charge is 0.490 e. The minimum atomic E-state index is -0.680. The SMILES string of the molecule is CC(=O)NC1CCN(C(=O)C[C@]2(COc3cc(C)c(Cl)c(C)c3)CN(CC3CC3)CCO2)CC1. The monoisotopic (exact) mass is 491 g/mol. The highest BCUT2D eigenvalue weighted by Crippen LogP contribution is 2.33. The first-order valence-corrected chi connectivity index (χ1v) is 12.9. The predicted molar refractivity (Wildman–Crippen MR) is 132 cm³/mol. The van der Waals surface area contributed by atoms with Crippen LogP contribution in [0.2, 0.25) is 5.02 Å². The van der Waals surface area contributed by atoms with E-state index in [4.69, 9.17) is 21.1 Å². The summed E-state index contributed by atoms with van der Waals surface area (Å²) in [5.74, 6) is 1.62. The first kappa shape index (κ1) is 25.3. The number of nitrogens with zero attached hydrogens (tertiary/aromatic N) is 2. The fourth-order valence-electron chi connectivity index (χ4n) is 5.14. The number of benzene rings is 1. The van der Waals surface area contributed by atoms with E-state index >= 15 is 0 Å². The van der Waals surface area contributed by atoms with Crippen LogP contribution in [0.4, 0.5) is 0 Å². The first-order valence-electron chi connectivity index (χ1n) is 12.5. The summed E-state index contributed by atoms with van der Waals surface area (Å²) in [6.45, 7) is 10.4. The quantitative estimate of drug-likeness (QED) is 0.604. The molecule has 4 rings (SSSR count). The molecule has 0 spiro atoms. The summed E-state index contributed by atoms with van der Waals surface area (Å²) in [5, 5.41) is 3.73. The third kappa shape index (κ3) is 6.64. The van der Waals surface area contributed by atoms with E-state index in [1.807, 2.05) is 30.9 Å². The van der Waals surface area contributed by atoms with Gasteiger partial charge in [-0.25, -0.2) is 0 Å². The summed E-state index contributed by atoms with van der Waals surface area (Å²) < 4.78 is 12.6. The molecule has 1 saturated carbocycles. The number of morpholine rings is 1. The molecular weight excluding hydrogens is 454 g/mol. The Balaban J connectivity index is 1.43. The lowest BCUT2D eigenvalue weighted by atomic mass is 9.95. The molecule has 188 valence electrons. The second-order valence-corrected chi connectivity index (χ2v) is 10.8. The van der Waals surface area contributed by atoms with Gasteiger partial charge >= 0.3 is 0 Å². The number of halogens is 1. The fraction of sp³-hybridized carbons (Fsp3) is 0.692. The normalized spacial score (nSPS) is 24.2. The third-order valence-corrected chi connectivity index (χ3v) is 7.78. The Labute approximate surface area is 208 Å². The summed E-state index contributed by atoms with van der Waals surface area (Å²) in [6.07, 6.45) is 4.46. The number of carbonyl (C=O) groups excluding carboxylic acids is 2. The number of hydrogen-bond donors (Lipinski definition) is 1. The highest BCUT2D eigenvalue weighted by molar-refractivity contribution is 6.32. The zero-order valence-corrected chi connectivity index (χ0v) is 21.5. The van der Waals surface area contributed by atoms with E-state index < -0.39 is 5.60 Å². The van der Waals surface area contributed by atoms with Crippen LogP contribution in [0.25, 0.3) is 0 Å². The van der Waals surface area contributed by atoms with Crippen LogP contribution in [0.15, 0.2) is 12.1 Å². The van der Waals surface area contributed by atoms with Crippen molar-refractivity contribution in [3.63, 3.8) is 0 Å². The van der Waals surface area contributed by atoms with Gasteiger partial charge in [0.15, 0.2) is 0 Å². The van der Waals surface area contributed by atoms with Crippen molar-refractivity contribution in [2.24, 2.45) is 5.92 Å². The zero-order chi connectivity index (χ0) is 24.3. The average Bonchev–Trinajstić information content (AvgIpc) is 3.60. The van der Waals surface area contributed by atoms with Crippen molar-refractivity contribution < 1.29 is 19.1 Å². The Hall–Kier alpha value is -1.83. The van der Waals surface area contributed by atoms with Gasteiger partial charge in [0.2, 0.25) is 11.8 Å². The molecule has 0 aromatic heterocycles. The van der Waals surface area contributed by atoms with Crippen LogP contribution in [-0.2, 0) is 14.3 Å². The van der Waals surface area contributed by atoms with Crippen molar-refractivity contribution >= 4 is 23.4 Å². The number of rotatable bonds is 8. The van der Waals surface area contributed by atoms with Crippen LogP contribution >= 0.6 is 11.6 Å². The maximum atomic E-state index is 13.4. The number of likely N-dealkylation sites (tertiary alicyclic amines) is 1. The van der Waals surface area contributed by atoms with Gasteiger partial charge in [-0.15, -0.1) is 0 Å². The number of piperidine rings is 1. The fourth-order valence-corrected chi connectivity index (χ4v) is 5.25. The molecule has 2 amide bonds. The lowest BCUT2D eigenvalue weighted by molar-refractivity contribution is -0.157. The molecule has 1 atom stereocenters. The van der Waals surface area contributed by atoms with E-state index in [1.165, 1.54) is 12.8 Å². The van der Waals surface area contributed by atoms with E-state index in [9.17, 15) is 9.59 Å². The molecule has 7 nitrogen and oxygen atoms in total. The maximum absolute atomic E-state index is 13.4. The van der Waals surface area contributed by atoms with E-state index in [0.29, 0.717) is 39.3 Å². The van der Waals surface area contributed by atoms with Crippen molar-refractivity contribution in [2.45, 2.75) is 64.5 Å². The molecule has 1 aromatic carbocycles. The minimum Gasteiger partial charge on any atom is -0.490 e. The zero-order valence-electron chi connectivity index (χ0n) is 20.7. The average molecular weight is 492 g/mol. The van der Waals surface area contributed by atoms with Crippen LogP contribution in [0.1, 0.15) is 50.2 Å². The van der Waals surface area contributed by atoms with E-state index in [-0.39, 0.29) is 17.9 Å². The Kier molecular flexibility index (Phi) is 8.05. The van der Waals surface area contributed by atoms with Gasteiger partial charge in [-0.2, -0.15) is 0 Å². The maximum Gasteiger partial charge on any atom is 0.225 e. The van der Waals surface area contributed by atoms with Crippen LogP contribution in [0.3, 0.4) is 0 Å². The summed E-state index contributed by atoms with van der Waals surface area (Å²) in [7, 11) is 0. The molecule has 8 heteroatoms.